The van der Waals surface area contributed by atoms with Crippen LogP contribution in [0, 0.1) is 0 Å². The van der Waals surface area contributed by atoms with Crippen molar-refractivity contribution in [1.29, 1.82) is 0 Å². The average Bonchev–Trinajstić information content (AvgIpc) is 2.28. The minimum absolute atomic E-state index is 0.0963. The van der Waals surface area contributed by atoms with Crippen molar-refractivity contribution >= 4 is 17.3 Å². The Morgan fingerprint density at radius 3 is 2.76 bits per heavy atom. The molecule has 0 aliphatic rings. The third-order valence-corrected chi connectivity index (χ3v) is 2.66. The molecule has 1 aromatic rings. The van der Waals surface area contributed by atoms with E-state index in [0.29, 0.717) is 16.3 Å². The first-order chi connectivity index (χ1) is 8.07. The highest BCUT2D eigenvalue weighted by Gasteiger charge is 2.22. The Labute approximate surface area is 103 Å². The molecule has 0 saturated carbocycles. The van der Waals surface area contributed by atoms with E-state index in [-0.39, 0.29) is 13.0 Å². The van der Waals surface area contributed by atoms with Crippen LogP contribution in [0.1, 0.15) is 18.1 Å². The zero-order valence-electron chi connectivity index (χ0n) is 8.99. The van der Waals surface area contributed by atoms with Gasteiger partial charge in [-0.2, -0.15) is 0 Å². The van der Waals surface area contributed by atoms with E-state index in [4.69, 9.17) is 22.9 Å². The molecule has 0 amide bonds. The number of aliphatic hydroxyl groups excluding tert-OH is 2. The number of benzene rings is 1. The smallest absolute Gasteiger partial charge is 0.108 e. The second-order valence-corrected chi connectivity index (χ2v) is 3.91. The molecule has 17 heavy (non-hydrogen) atoms. The lowest BCUT2D eigenvalue weighted by Gasteiger charge is -2.20. The Balaban J connectivity index is 2.81. The van der Waals surface area contributed by atoms with Crippen LogP contribution in [0.4, 0.5) is 5.69 Å². The number of nitrogens with zero attached hydrogens (tertiary/aromatic N) is 3. The van der Waals surface area contributed by atoms with E-state index in [1.807, 2.05) is 0 Å². The predicted molar refractivity (Wildman–Crippen MR) is 65.5 cm³/mol. The summed E-state index contributed by atoms with van der Waals surface area (Å²) < 4.78 is 0. The highest BCUT2D eigenvalue weighted by molar-refractivity contribution is 6.31. The number of rotatable bonds is 5. The summed E-state index contributed by atoms with van der Waals surface area (Å²) in [7, 11) is 0. The lowest BCUT2D eigenvalue weighted by Crippen LogP contribution is -2.20. The molecule has 0 radical (unpaired) electrons. The molecule has 0 spiro atoms. The van der Waals surface area contributed by atoms with E-state index in [1.54, 1.807) is 18.2 Å². The lowest BCUT2D eigenvalue weighted by molar-refractivity contribution is 0.0155. The second-order valence-electron chi connectivity index (χ2n) is 3.50. The second kappa shape index (κ2) is 6.32. The Bertz CT molecular complexity index is 414. The minimum atomic E-state index is -1.20. The zero-order chi connectivity index (χ0) is 12.8. The molecule has 2 unspecified atom stereocenters. The summed E-state index contributed by atoms with van der Waals surface area (Å²) in [6.07, 6.45) is -2.14. The fourth-order valence-electron chi connectivity index (χ4n) is 1.45. The SMILES string of the molecule is [N-]=[N+]=NCCC(O)C(O)c1c(N)cccc1Cl. The van der Waals surface area contributed by atoms with Crippen molar-refractivity contribution in [3.05, 3.63) is 39.2 Å². The first-order valence-electron chi connectivity index (χ1n) is 4.98. The van der Waals surface area contributed by atoms with Crippen molar-refractivity contribution in [2.45, 2.75) is 18.6 Å². The van der Waals surface area contributed by atoms with Crippen molar-refractivity contribution < 1.29 is 10.2 Å². The monoisotopic (exact) mass is 256 g/mol. The maximum absolute atomic E-state index is 9.90. The molecule has 0 aliphatic carbocycles. The van der Waals surface area contributed by atoms with Crippen LogP contribution >= 0.6 is 11.6 Å². The fraction of sp³-hybridized carbons (Fsp3) is 0.400. The van der Waals surface area contributed by atoms with Crippen LogP contribution < -0.4 is 5.73 Å². The number of nitrogens with two attached hydrogens (primary N) is 1. The number of hydrogen-bond acceptors (Lipinski definition) is 4. The van der Waals surface area contributed by atoms with E-state index >= 15 is 0 Å². The van der Waals surface area contributed by atoms with Crippen molar-refractivity contribution in [1.82, 2.24) is 0 Å². The van der Waals surface area contributed by atoms with E-state index in [0.717, 1.165) is 0 Å². The van der Waals surface area contributed by atoms with Crippen LogP contribution in [0.15, 0.2) is 23.3 Å². The Morgan fingerprint density at radius 1 is 1.47 bits per heavy atom. The maximum atomic E-state index is 9.90. The summed E-state index contributed by atoms with van der Waals surface area (Å²) in [5.74, 6) is 0. The maximum Gasteiger partial charge on any atom is 0.108 e. The third-order valence-electron chi connectivity index (χ3n) is 2.33. The molecule has 0 bridgehead atoms. The number of hydrogen-bond donors (Lipinski definition) is 3. The lowest BCUT2D eigenvalue weighted by atomic mass is 10.0. The molecule has 0 aromatic heterocycles. The highest BCUT2D eigenvalue weighted by atomic mass is 35.5. The predicted octanol–water partition coefficient (Wildman–Crippen LogP) is 2.02. The summed E-state index contributed by atoms with van der Waals surface area (Å²) in [4.78, 5) is 2.56. The molecular weight excluding hydrogens is 244 g/mol. The molecule has 0 saturated heterocycles. The van der Waals surface area contributed by atoms with Crippen molar-refractivity contribution in [3.63, 3.8) is 0 Å². The number of nitrogen functional groups attached to an aromatic ring is 1. The van der Waals surface area contributed by atoms with Gasteiger partial charge in [0.1, 0.15) is 6.10 Å². The molecule has 0 fully saturated rings. The quantitative estimate of drug-likeness (QED) is 0.324. The molecule has 6 nitrogen and oxygen atoms in total. The van der Waals surface area contributed by atoms with Gasteiger partial charge in [-0.1, -0.05) is 22.8 Å². The van der Waals surface area contributed by atoms with Gasteiger partial charge in [0.2, 0.25) is 0 Å². The largest absolute Gasteiger partial charge is 0.398 e. The van der Waals surface area contributed by atoms with Crippen LogP contribution in [-0.4, -0.2) is 22.9 Å². The van der Waals surface area contributed by atoms with E-state index in [9.17, 15) is 10.2 Å². The third kappa shape index (κ3) is 3.51. The fourth-order valence-corrected chi connectivity index (χ4v) is 1.74. The molecule has 1 aromatic carbocycles. The van der Waals surface area contributed by atoms with Crippen molar-refractivity contribution in [2.24, 2.45) is 5.11 Å². The first kappa shape index (κ1) is 13.6. The molecule has 92 valence electrons. The van der Waals surface area contributed by atoms with Gasteiger partial charge < -0.3 is 15.9 Å². The van der Waals surface area contributed by atoms with Gasteiger partial charge in [-0.05, 0) is 24.1 Å². The highest BCUT2D eigenvalue weighted by Crippen LogP contribution is 2.31. The van der Waals surface area contributed by atoms with E-state index < -0.39 is 12.2 Å². The minimum Gasteiger partial charge on any atom is -0.398 e. The summed E-state index contributed by atoms with van der Waals surface area (Å²) in [6.45, 7) is 0.0963. The topological polar surface area (TPSA) is 115 Å². The summed E-state index contributed by atoms with van der Waals surface area (Å²) in [5, 5.41) is 23.2. The van der Waals surface area contributed by atoms with Gasteiger partial charge in [-0.25, -0.2) is 0 Å². The number of azide groups is 1. The Hall–Kier alpha value is -1.46. The van der Waals surface area contributed by atoms with Crippen LogP contribution in [-0.2, 0) is 0 Å². The number of aliphatic hydroxyl groups is 2. The molecule has 0 aliphatic heterocycles. The van der Waals surface area contributed by atoms with Gasteiger partial charge in [0.25, 0.3) is 0 Å². The first-order valence-corrected chi connectivity index (χ1v) is 5.36. The van der Waals surface area contributed by atoms with Gasteiger partial charge in [-0.3, -0.25) is 0 Å². The van der Waals surface area contributed by atoms with Gasteiger partial charge in [0.05, 0.1) is 6.10 Å². The van der Waals surface area contributed by atoms with Gasteiger partial charge in [-0.15, -0.1) is 0 Å². The van der Waals surface area contributed by atoms with E-state index in [1.165, 1.54) is 0 Å². The standard InChI is InChI=1S/C10H13ClN4O2/c11-6-2-1-3-7(12)9(6)10(17)8(16)4-5-14-15-13/h1-3,8,10,16-17H,4-5,12H2. The number of halogens is 1. The summed E-state index contributed by atoms with van der Waals surface area (Å²) >= 11 is 5.90. The normalized spacial score (nSPS) is 13.8. The molecular formula is C10H13ClN4O2. The number of anilines is 1. The summed E-state index contributed by atoms with van der Waals surface area (Å²) in [5.41, 5.74) is 14.4. The van der Waals surface area contributed by atoms with Crippen LogP contribution in [0.2, 0.25) is 5.02 Å². The van der Waals surface area contributed by atoms with Gasteiger partial charge in [0.15, 0.2) is 0 Å². The van der Waals surface area contributed by atoms with Gasteiger partial charge >= 0.3 is 0 Å². The molecule has 4 N–H and O–H groups in total. The Kier molecular flexibility index (Phi) is 5.06. The van der Waals surface area contributed by atoms with Crippen LogP contribution in [0.3, 0.4) is 0 Å². The van der Waals surface area contributed by atoms with Crippen molar-refractivity contribution in [3.8, 4) is 0 Å². The Morgan fingerprint density at radius 2 is 2.18 bits per heavy atom. The van der Waals surface area contributed by atoms with Gasteiger partial charge in [0, 0.05) is 27.7 Å². The molecule has 7 heteroatoms. The molecule has 0 heterocycles. The zero-order valence-corrected chi connectivity index (χ0v) is 9.75. The molecule has 2 atom stereocenters. The van der Waals surface area contributed by atoms with Crippen LogP contribution in [0.25, 0.3) is 10.4 Å². The summed E-state index contributed by atoms with van der Waals surface area (Å²) in [6, 6.07) is 4.82. The van der Waals surface area contributed by atoms with Crippen molar-refractivity contribution in [2.75, 3.05) is 12.3 Å². The molecule has 1 rings (SSSR count). The average molecular weight is 257 g/mol. The van der Waals surface area contributed by atoms with Crippen LogP contribution in [0.5, 0.6) is 0 Å². The van der Waals surface area contributed by atoms with E-state index in [2.05, 4.69) is 10.0 Å².